The molecule has 2 aliphatic heterocycles. The Kier molecular flexibility index (Phi) is 3.14. The van der Waals surface area contributed by atoms with Crippen LogP contribution in [-0.2, 0) is 4.74 Å². The van der Waals surface area contributed by atoms with Gasteiger partial charge in [-0.15, -0.1) is 0 Å². The quantitative estimate of drug-likeness (QED) is 0.714. The molecule has 0 aromatic carbocycles. The van der Waals surface area contributed by atoms with E-state index in [9.17, 15) is 4.39 Å². The van der Waals surface area contributed by atoms with Gasteiger partial charge in [0, 0.05) is 5.92 Å². The van der Waals surface area contributed by atoms with Crippen molar-refractivity contribution in [3.05, 3.63) is 0 Å². The fourth-order valence-corrected chi connectivity index (χ4v) is 3.26. The summed E-state index contributed by atoms with van der Waals surface area (Å²) in [5, 5.41) is 6.83. The minimum Gasteiger partial charge on any atom is -0.357 e. The van der Waals surface area contributed by atoms with Crippen molar-refractivity contribution in [3.63, 3.8) is 0 Å². The van der Waals surface area contributed by atoms with Crippen molar-refractivity contribution >= 4 is 0 Å². The predicted molar refractivity (Wildman–Crippen MR) is 59.7 cm³/mol. The third kappa shape index (κ3) is 1.98. The summed E-state index contributed by atoms with van der Waals surface area (Å²) in [7, 11) is 0. The lowest BCUT2D eigenvalue weighted by atomic mass is 9.86. The summed E-state index contributed by atoms with van der Waals surface area (Å²) in [5.74, 6) is 0.0705. The van der Waals surface area contributed by atoms with Gasteiger partial charge in [0.25, 0.3) is 0 Å². The second-order valence-electron chi connectivity index (χ2n) is 5.30. The molecule has 1 aliphatic carbocycles. The lowest BCUT2D eigenvalue weighted by molar-refractivity contribution is -0.0388. The zero-order valence-corrected chi connectivity index (χ0v) is 9.62. The van der Waals surface area contributed by atoms with Crippen LogP contribution >= 0.6 is 0 Å². The van der Waals surface area contributed by atoms with Crippen molar-refractivity contribution in [2.75, 3.05) is 6.54 Å². The monoisotopic (exact) mass is 228 g/mol. The smallest absolute Gasteiger partial charge is 0.115 e. The van der Waals surface area contributed by atoms with E-state index in [1.807, 2.05) is 0 Å². The van der Waals surface area contributed by atoms with Crippen LogP contribution in [0.4, 0.5) is 4.39 Å². The number of rotatable bonds is 1. The third-order valence-corrected chi connectivity index (χ3v) is 4.19. The third-order valence-electron chi connectivity index (χ3n) is 4.19. The Labute approximate surface area is 96.1 Å². The zero-order valence-electron chi connectivity index (χ0n) is 9.62. The highest BCUT2D eigenvalue weighted by Gasteiger charge is 2.42. The normalized spacial score (nSPS) is 48.9. The summed E-state index contributed by atoms with van der Waals surface area (Å²) in [6.07, 6.45) is 5.92. The van der Waals surface area contributed by atoms with E-state index in [0.717, 1.165) is 38.6 Å². The van der Waals surface area contributed by atoms with Gasteiger partial charge in [0.2, 0.25) is 0 Å². The number of hydrogen-bond acceptors (Lipinski definition) is 3. The summed E-state index contributed by atoms with van der Waals surface area (Å²) in [6.45, 7) is 1.05. The Morgan fingerprint density at radius 1 is 1.06 bits per heavy atom. The van der Waals surface area contributed by atoms with Gasteiger partial charge in [-0.05, 0) is 32.2 Å². The van der Waals surface area contributed by atoms with Crippen LogP contribution in [-0.4, -0.2) is 31.2 Å². The van der Waals surface area contributed by atoms with Gasteiger partial charge in [0.1, 0.15) is 12.4 Å². The fourth-order valence-electron chi connectivity index (χ4n) is 3.26. The first-order valence-electron chi connectivity index (χ1n) is 6.63. The van der Waals surface area contributed by atoms with Gasteiger partial charge in [-0.25, -0.2) is 4.39 Å². The van der Waals surface area contributed by atoms with Gasteiger partial charge in [0.15, 0.2) is 0 Å². The minimum atomic E-state index is -0.675. The molecule has 16 heavy (non-hydrogen) atoms. The van der Waals surface area contributed by atoms with Crippen LogP contribution in [0.5, 0.6) is 0 Å². The first-order chi connectivity index (χ1) is 7.84. The van der Waals surface area contributed by atoms with E-state index < -0.39 is 6.17 Å². The van der Waals surface area contributed by atoms with Gasteiger partial charge < -0.3 is 4.74 Å². The molecule has 2 N–H and O–H groups in total. The highest BCUT2D eigenvalue weighted by atomic mass is 19.1. The molecule has 3 aliphatic rings. The molecule has 0 spiro atoms. The van der Waals surface area contributed by atoms with Gasteiger partial charge in [-0.1, -0.05) is 12.8 Å². The Balaban J connectivity index is 1.63. The van der Waals surface area contributed by atoms with Gasteiger partial charge >= 0.3 is 0 Å². The second-order valence-corrected chi connectivity index (χ2v) is 5.30. The summed E-state index contributed by atoms with van der Waals surface area (Å²) in [5.41, 5.74) is 0. The Morgan fingerprint density at radius 2 is 1.94 bits per heavy atom. The molecule has 0 amide bonds. The molecule has 4 heteroatoms. The summed E-state index contributed by atoms with van der Waals surface area (Å²) in [6, 6.07) is 0. The molecule has 5 atom stereocenters. The maximum absolute atomic E-state index is 13.8. The van der Waals surface area contributed by atoms with Crippen LogP contribution in [0.25, 0.3) is 0 Å². The first kappa shape index (κ1) is 10.9. The van der Waals surface area contributed by atoms with Gasteiger partial charge in [0.05, 0.1) is 12.3 Å². The number of hydrogen-bond donors (Lipinski definition) is 2. The van der Waals surface area contributed by atoms with E-state index in [2.05, 4.69) is 10.6 Å². The summed E-state index contributed by atoms with van der Waals surface area (Å²) in [4.78, 5) is 0. The van der Waals surface area contributed by atoms with Crippen LogP contribution in [0.3, 0.4) is 0 Å². The molecule has 0 radical (unpaired) electrons. The average Bonchev–Trinajstić information content (AvgIpc) is 2.73. The van der Waals surface area contributed by atoms with Gasteiger partial charge in [-0.2, -0.15) is 0 Å². The van der Waals surface area contributed by atoms with Crippen LogP contribution in [0.2, 0.25) is 0 Å². The molecule has 0 aromatic rings. The fraction of sp³-hybridized carbons (Fsp3) is 1.00. The lowest BCUT2D eigenvalue weighted by Gasteiger charge is -2.30. The highest BCUT2D eigenvalue weighted by Crippen LogP contribution is 2.33. The number of ether oxygens (including phenoxy) is 1. The Hall–Kier alpha value is -0.190. The van der Waals surface area contributed by atoms with Crippen molar-refractivity contribution in [2.45, 2.75) is 63.2 Å². The molecule has 5 unspecified atom stereocenters. The van der Waals surface area contributed by atoms with E-state index in [1.54, 1.807) is 0 Å². The Morgan fingerprint density at radius 3 is 2.75 bits per heavy atom. The topological polar surface area (TPSA) is 33.3 Å². The van der Waals surface area contributed by atoms with E-state index in [-0.39, 0.29) is 24.4 Å². The SMILES string of the molecule is FC1CCCCC1C1NC2NCCCC2O1. The van der Waals surface area contributed by atoms with Crippen LogP contribution in [0.15, 0.2) is 0 Å². The zero-order chi connectivity index (χ0) is 11.0. The van der Waals surface area contributed by atoms with Crippen molar-refractivity contribution in [1.82, 2.24) is 10.6 Å². The number of piperidine rings is 1. The Bertz CT molecular complexity index is 237. The molecule has 2 heterocycles. The summed E-state index contributed by atoms with van der Waals surface area (Å²) >= 11 is 0. The minimum absolute atomic E-state index is 0.0594. The maximum atomic E-state index is 13.8. The predicted octanol–water partition coefficient (Wildman–Crippen LogP) is 1.54. The van der Waals surface area contributed by atoms with E-state index in [1.165, 1.54) is 6.42 Å². The standard InChI is InChI=1S/C12H21FN2O/c13-9-5-2-1-4-8(9)12-15-11-10(16-12)6-3-7-14-11/h8-12,14-15H,1-7H2. The molecular weight excluding hydrogens is 207 g/mol. The van der Waals surface area contributed by atoms with Crippen molar-refractivity contribution in [3.8, 4) is 0 Å². The average molecular weight is 228 g/mol. The lowest BCUT2D eigenvalue weighted by Crippen LogP contribution is -2.50. The molecule has 0 bridgehead atoms. The van der Waals surface area contributed by atoms with E-state index in [0.29, 0.717) is 0 Å². The van der Waals surface area contributed by atoms with Crippen molar-refractivity contribution in [2.24, 2.45) is 5.92 Å². The molecule has 0 aromatic heterocycles. The van der Waals surface area contributed by atoms with E-state index >= 15 is 0 Å². The number of alkyl halides is 1. The van der Waals surface area contributed by atoms with Crippen LogP contribution < -0.4 is 10.6 Å². The maximum Gasteiger partial charge on any atom is 0.115 e. The van der Waals surface area contributed by atoms with E-state index in [4.69, 9.17) is 4.74 Å². The molecule has 92 valence electrons. The second kappa shape index (κ2) is 4.59. The molecule has 3 fully saturated rings. The number of fused-ring (bicyclic) bond motifs is 1. The molecule has 1 saturated carbocycles. The largest absolute Gasteiger partial charge is 0.357 e. The summed E-state index contributed by atoms with van der Waals surface area (Å²) < 4.78 is 19.8. The van der Waals surface area contributed by atoms with Crippen LogP contribution in [0.1, 0.15) is 38.5 Å². The highest BCUT2D eigenvalue weighted by molar-refractivity contribution is 4.92. The van der Waals surface area contributed by atoms with Crippen molar-refractivity contribution < 1.29 is 9.13 Å². The number of halogens is 1. The first-order valence-corrected chi connectivity index (χ1v) is 6.63. The molecule has 3 rings (SSSR count). The molecule has 2 saturated heterocycles. The molecule has 3 nitrogen and oxygen atoms in total. The number of nitrogens with one attached hydrogen (secondary N) is 2. The van der Waals surface area contributed by atoms with Crippen molar-refractivity contribution in [1.29, 1.82) is 0 Å². The molecular formula is C12H21FN2O. The van der Waals surface area contributed by atoms with Crippen LogP contribution in [0, 0.1) is 5.92 Å². The van der Waals surface area contributed by atoms with Gasteiger partial charge in [-0.3, -0.25) is 10.6 Å².